The number of anilines is 1. The van der Waals surface area contributed by atoms with Gasteiger partial charge in [0.15, 0.2) is 5.69 Å². The van der Waals surface area contributed by atoms with Crippen molar-refractivity contribution in [2.24, 2.45) is 5.73 Å². The van der Waals surface area contributed by atoms with Gasteiger partial charge in [0.1, 0.15) is 5.00 Å². The summed E-state index contributed by atoms with van der Waals surface area (Å²) in [5.41, 5.74) is 3.35. The van der Waals surface area contributed by atoms with E-state index in [0.29, 0.717) is 23.8 Å². The van der Waals surface area contributed by atoms with E-state index in [1.54, 1.807) is 0 Å². The first-order valence-corrected chi connectivity index (χ1v) is 6.02. The molecule has 0 bridgehead atoms. The largest absolute Gasteiger partial charge is 0.417 e. The zero-order valence-corrected chi connectivity index (χ0v) is 10.8. The van der Waals surface area contributed by atoms with Gasteiger partial charge in [-0.05, 0) is 6.07 Å². The molecule has 0 saturated heterocycles. The predicted octanol–water partition coefficient (Wildman–Crippen LogP) is 1.30. The number of halogens is 3. The number of aromatic nitrogens is 3. The molecule has 0 unspecified atom stereocenters. The van der Waals surface area contributed by atoms with Crippen LogP contribution in [0.25, 0.3) is 0 Å². The Balaban J connectivity index is 2.25. The molecule has 2 heterocycles. The normalized spacial score (nSPS) is 11.2. The lowest BCUT2D eigenvalue weighted by molar-refractivity contribution is -0.137. The first-order valence-electron chi connectivity index (χ1n) is 5.25. The van der Waals surface area contributed by atoms with E-state index in [-0.39, 0.29) is 16.3 Å². The third-order valence-electron chi connectivity index (χ3n) is 2.28. The molecule has 2 aromatic rings. The fourth-order valence-electron chi connectivity index (χ4n) is 1.33. The van der Waals surface area contributed by atoms with Crippen LogP contribution in [0, 0.1) is 0 Å². The lowest BCUT2D eigenvalue weighted by Gasteiger charge is -2.07. The Hall–Kier alpha value is -2.56. The van der Waals surface area contributed by atoms with Crippen molar-refractivity contribution in [1.82, 2.24) is 14.6 Å². The number of hydrogen-bond donors (Lipinski definition) is 2. The Labute approximate surface area is 119 Å². The van der Waals surface area contributed by atoms with Crippen LogP contribution >= 0.6 is 11.5 Å². The van der Waals surface area contributed by atoms with E-state index in [4.69, 9.17) is 5.73 Å². The molecule has 2 rings (SSSR count). The van der Waals surface area contributed by atoms with Gasteiger partial charge in [-0.1, -0.05) is 4.49 Å². The zero-order valence-electron chi connectivity index (χ0n) is 10.0. The van der Waals surface area contributed by atoms with Crippen molar-refractivity contribution >= 4 is 28.3 Å². The summed E-state index contributed by atoms with van der Waals surface area (Å²) in [5, 5.41) is 5.57. The highest BCUT2D eigenvalue weighted by Gasteiger charge is 2.31. The summed E-state index contributed by atoms with van der Waals surface area (Å²) in [7, 11) is 0. The number of nitrogens with two attached hydrogens (primary N) is 1. The fraction of sp³-hybridized carbons (Fsp3) is 0.100. The van der Waals surface area contributed by atoms with Crippen molar-refractivity contribution in [3.63, 3.8) is 0 Å². The second kappa shape index (κ2) is 5.44. The van der Waals surface area contributed by atoms with Crippen LogP contribution in [0.2, 0.25) is 0 Å². The van der Waals surface area contributed by atoms with Crippen molar-refractivity contribution in [3.8, 4) is 0 Å². The number of alkyl halides is 3. The Morgan fingerprint density at radius 2 is 2.00 bits per heavy atom. The van der Waals surface area contributed by atoms with E-state index < -0.39 is 23.6 Å². The summed E-state index contributed by atoms with van der Waals surface area (Å²) in [6, 6.07) is 0.640. The van der Waals surface area contributed by atoms with Crippen LogP contribution in [-0.4, -0.2) is 26.4 Å². The molecule has 0 fully saturated rings. The number of rotatable bonds is 3. The average molecular weight is 317 g/mol. The van der Waals surface area contributed by atoms with Gasteiger partial charge in [0.2, 0.25) is 0 Å². The van der Waals surface area contributed by atoms with E-state index in [1.165, 1.54) is 0 Å². The fourth-order valence-corrected chi connectivity index (χ4v) is 1.90. The van der Waals surface area contributed by atoms with E-state index in [1.807, 2.05) is 0 Å². The maximum atomic E-state index is 12.5. The monoisotopic (exact) mass is 317 g/mol. The van der Waals surface area contributed by atoms with E-state index in [9.17, 15) is 22.8 Å². The second-order valence-corrected chi connectivity index (χ2v) is 4.48. The number of pyridine rings is 1. The summed E-state index contributed by atoms with van der Waals surface area (Å²) in [6.07, 6.45) is -3.06. The molecule has 0 aliphatic heterocycles. The van der Waals surface area contributed by atoms with Crippen LogP contribution in [0.15, 0.2) is 18.5 Å². The molecule has 3 N–H and O–H groups in total. The highest BCUT2D eigenvalue weighted by atomic mass is 32.1. The number of carbonyl (C=O) groups excluding carboxylic acids is 2. The van der Waals surface area contributed by atoms with Gasteiger partial charge < -0.3 is 11.1 Å². The number of nitrogens with zero attached hydrogens (tertiary/aromatic N) is 3. The van der Waals surface area contributed by atoms with Gasteiger partial charge >= 0.3 is 6.18 Å². The highest BCUT2D eigenvalue weighted by molar-refractivity contribution is 7.10. The number of carbonyl (C=O) groups is 2. The van der Waals surface area contributed by atoms with E-state index in [2.05, 4.69) is 19.9 Å². The summed E-state index contributed by atoms with van der Waals surface area (Å²) in [4.78, 5) is 26.2. The van der Waals surface area contributed by atoms with Gasteiger partial charge in [-0.3, -0.25) is 14.6 Å². The summed E-state index contributed by atoms with van der Waals surface area (Å²) >= 11 is 0.674. The molecule has 2 amide bonds. The quantitative estimate of drug-likeness (QED) is 0.886. The molecular formula is C10H6F3N5O2S. The van der Waals surface area contributed by atoms with Crippen molar-refractivity contribution in [2.75, 3.05) is 5.32 Å². The zero-order chi connectivity index (χ0) is 15.6. The van der Waals surface area contributed by atoms with Crippen LogP contribution < -0.4 is 11.1 Å². The number of hydrogen-bond acceptors (Lipinski definition) is 6. The number of primary amides is 1. The molecular weight excluding hydrogens is 311 g/mol. The van der Waals surface area contributed by atoms with Gasteiger partial charge in [-0.15, -0.1) is 5.10 Å². The molecule has 11 heteroatoms. The first-order chi connectivity index (χ1) is 9.79. The molecule has 0 aromatic carbocycles. The molecule has 2 aromatic heterocycles. The van der Waals surface area contributed by atoms with Gasteiger partial charge in [-0.25, -0.2) is 0 Å². The molecule has 0 aliphatic rings. The van der Waals surface area contributed by atoms with Gasteiger partial charge in [-0.2, -0.15) is 13.2 Å². The topological polar surface area (TPSA) is 111 Å². The third-order valence-corrected chi connectivity index (χ3v) is 2.92. The maximum Gasteiger partial charge on any atom is 0.417 e. The van der Waals surface area contributed by atoms with Gasteiger partial charge in [0.25, 0.3) is 11.8 Å². The Bertz CT molecular complexity index is 700. The Morgan fingerprint density at radius 1 is 1.29 bits per heavy atom. The average Bonchev–Trinajstić information content (AvgIpc) is 2.86. The molecule has 0 aliphatic carbocycles. The summed E-state index contributed by atoms with van der Waals surface area (Å²) in [5.74, 6) is -1.80. The molecule has 110 valence electrons. The molecule has 0 saturated carbocycles. The van der Waals surface area contributed by atoms with Crippen molar-refractivity contribution in [1.29, 1.82) is 0 Å². The van der Waals surface area contributed by atoms with Crippen LogP contribution in [0.1, 0.15) is 26.4 Å². The minimum atomic E-state index is -4.62. The van der Waals surface area contributed by atoms with Crippen molar-refractivity contribution in [3.05, 3.63) is 35.3 Å². The lowest BCUT2D eigenvalue weighted by Crippen LogP contribution is -2.18. The van der Waals surface area contributed by atoms with Crippen LogP contribution in [0.4, 0.5) is 18.2 Å². The highest BCUT2D eigenvalue weighted by Crippen LogP contribution is 2.29. The standard InChI is InChI=1S/C10H6F3N5O2S/c11-10(12,13)5-1-4(2-15-3-5)8(20)16-9-6(7(14)19)17-18-21-9/h1-3H,(H2,14,19)(H,16,20). The minimum absolute atomic E-state index is 0.0510. The lowest BCUT2D eigenvalue weighted by atomic mass is 10.2. The second-order valence-electron chi connectivity index (χ2n) is 3.73. The summed E-state index contributed by atoms with van der Waals surface area (Å²) in [6.45, 7) is 0. The molecule has 0 radical (unpaired) electrons. The van der Waals surface area contributed by atoms with Crippen LogP contribution in [0.5, 0.6) is 0 Å². The van der Waals surface area contributed by atoms with Gasteiger partial charge in [0, 0.05) is 23.9 Å². The minimum Gasteiger partial charge on any atom is -0.364 e. The first kappa shape index (κ1) is 14.8. The van der Waals surface area contributed by atoms with Crippen molar-refractivity contribution in [2.45, 2.75) is 6.18 Å². The summed E-state index contributed by atoms with van der Waals surface area (Å²) < 4.78 is 41.0. The van der Waals surface area contributed by atoms with E-state index >= 15 is 0 Å². The maximum absolute atomic E-state index is 12.5. The van der Waals surface area contributed by atoms with Gasteiger partial charge in [0.05, 0.1) is 11.1 Å². The molecule has 0 atom stereocenters. The Morgan fingerprint density at radius 3 is 2.62 bits per heavy atom. The van der Waals surface area contributed by atoms with Crippen molar-refractivity contribution < 1.29 is 22.8 Å². The van der Waals surface area contributed by atoms with E-state index in [0.717, 1.165) is 6.20 Å². The van der Waals surface area contributed by atoms with Crippen LogP contribution in [-0.2, 0) is 6.18 Å². The number of nitrogens with one attached hydrogen (secondary N) is 1. The predicted molar refractivity (Wildman–Crippen MR) is 65.6 cm³/mol. The molecule has 7 nitrogen and oxygen atoms in total. The Kier molecular flexibility index (Phi) is 3.84. The number of amides is 2. The third kappa shape index (κ3) is 3.31. The smallest absolute Gasteiger partial charge is 0.364 e. The SMILES string of the molecule is NC(=O)c1nnsc1NC(=O)c1cncc(C(F)(F)F)c1. The molecule has 21 heavy (non-hydrogen) atoms. The van der Waals surface area contributed by atoms with Crippen LogP contribution in [0.3, 0.4) is 0 Å². The molecule has 0 spiro atoms.